The topological polar surface area (TPSA) is 64.9 Å². The van der Waals surface area contributed by atoms with Gasteiger partial charge in [-0.3, -0.25) is 9.20 Å². The average Bonchev–Trinajstić information content (AvgIpc) is 3.30. The Morgan fingerprint density at radius 1 is 1.11 bits per heavy atom. The van der Waals surface area contributed by atoms with Gasteiger partial charge in [0.1, 0.15) is 11.5 Å². The quantitative estimate of drug-likeness (QED) is 0.560. The fraction of sp³-hybridized carbons (Fsp3) is 0.100. The Kier molecular flexibility index (Phi) is 4.52. The molecule has 0 unspecified atom stereocenters. The van der Waals surface area contributed by atoms with Crippen molar-refractivity contribution in [3.05, 3.63) is 65.8 Å². The lowest BCUT2D eigenvalue weighted by Gasteiger charge is -2.10. The van der Waals surface area contributed by atoms with E-state index in [-0.39, 0.29) is 5.91 Å². The van der Waals surface area contributed by atoms with Crippen molar-refractivity contribution in [2.45, 2.75) is 0 Å². The molecule has 27 heavy (non-hydrogen) atoms. The maximum atomic E-state index is 12.7. The lowest BCUT2D eigenvalue weighted by atomic mass is 10.1. The van der Waals surface area contributed by atoms with E-state index in [0.717, 1.165) is 16.2 Å². The number of anilines is 1. The number of aromatic nitrogens is 2. The third-order valence-corrected chi connectivity index (χ3v) is 4.89. The molecule has 0 fully saturated rings. The molecule has 7 heteroatoms. The van der Waals surface area contributed by atoms with E-state index in [1.165, 1.54) is 0 Å². The Bertz CT molecular complexity index is 1070. The number of carbonyl (C=O) groups excluding carboxylic acids is 1. The molecule has 136 valence electrons. The highest BCUT2D eigenvalue weighted by molar-refractivity contribution is 7.15. The van der Waals surface area contributed by atoms with Gasteiger partial charge in [-0.25, -0.2) is 4.98 Å². The summed E-state index contributed by atoms with van der Waals surface area (Å²) in [6.07, 6.45) is 3.94. The van der Waals surface area contributed by atoms with E-state index < -0.39 is 0 Å². The molecule has 0 saturated heterocycles. The van der Waals surface area contributed by atoms with Gasteiger partial charge in [0, 0.05) is 40.7 Å². The summed E-state index contributed by atoms with van der Waals surface area (Å²) in [6.45, 7) is 0. The minimum Gasteiger partial charge on any atom is -0.497 e. The third kappa shape index (κ3) is 3.50. The zero-order valence-electron chi connectivity index (χ0n) is 14.8. The summed E-state index contributed by atoms with van der Waals surface area (Å²) < 4.78 is 12.4. The van der Waals surface area contributed by atoms with Crippen molar-refractivity contribution in [3.63, 3.8) is 0 Å². The van der Waals surface area contributed by atoms with Crippen LogP contribution in [0.3, 0.4) is 0 Å². The highest BCUT2D eigenvalue weighted by Gasteiger charge is 2.12. The molecule has 2 heterocycles. The maximum absolute atomic E-state index is 12.7. The minimum absolute atomic E-state index is 0.241. The number of hydrogen-bond donors (Lipinski definition) is 1. The second kappa shape index (κ2) is 7.13. The van der Waals surface area contributed by atoms with E-state index in [1.54, 1.807) is 43.8 Å². The van der Waals surface area contributed by atoms with Crippen molar-refractivity contribution in [2.75, 3.05) is 19.5 Å². The molecule has 0 saturated carbocycles. The molecule has 0 aliphatic rings. The summed E-state index contributed by atoms with van der Waals surface area (Å²) in [5.41, 5.74) is 2.95. The molecule has 0 radical (unpaired) electrons. The average molecular weight is 379 g/mol. The molecule has 2 aromatic carbocycles. The standard InChI is InChI=1S/C20H17N3O3S/c1-25-16-9-14(10-17(11-16)26-2)19(24)21-15-5-3-4-13(8-15)18-12-23-6-7-27-20(23)22-18/h3-12H,1-2H3,(H,21,24). The van der Waals surface area contributed by atoms with Gasteiger partial charge in [-0.05, 0) is 24.3 Å². The number of nitrogens with zero attached hydrogens (tertiary/aromatic N) is 2. The van der Waals surface area contributed by atoms with Gasteiger partial charge in [-0.1, -0.05) is 12.1 Å². The summed E-state index contributed by atoms with van der Waals surface area (Å²) in [5.74, 6) is 0.882. The number of thiazole rings is 1. The third-order valence-electron chi connectivity index (χ3n) is 4.12. The predicted octanol–water partition coefficient (Wildman–Crippen LogP) is 4.33. The van der Waals surface area contributed by atoms with Crippen molar-refractivity contribution >= 4 is 27.9 Å². The second-order valence-electron chi connectivity index (χ2n) is 5.86. The summed E-state index contributed by atoms with van der Waals surface area (Å²) >= 11 is 1.58. The molecule has 4 rings (SSSR count). The first-order chi connectivity index (χ1) is 13.2. The van der Waals surface area contributed by atoms with Crippen molar-refractivity contribution in [1.29, 1.82) is 0 Å². The van der Waals surface area contributed by atoms with Crippen LogP contribution in [0.1, 0.15) is 10.4 Å². The summed E-state index contributed by atoms with van der Waals surface area (Å²) in [7, 11) is 3.10. The number of hydrogen-bond acceptors (Lipinski definition) is 5. The van der Waals surface area contributed by atoms with Gasteiger partial charge in [0.25, 0.3) is 5.91 Å². The molecule has 1 amide bonds. The van der Waals surface area contributed by atoms with Crippen LogP contribution in [0.5, 0.6) is 11.5 Å². The number of methoxy groups -OCH3 is 2. The molecule has 1 N–H and O–H groups in total. The molecule has 0 bridgehead atoms. The van der Waals surface area contributed by atoms with E-state index >= 15 is 0 Å². The van der Waals surface area contributed by atoms with E-state index in [0.29, 0.717) is 22.7 Å². The van der Waals surface area contributed by atoms with Crippen LogP contribution in [-0.2, 0) is 0 Å². The summed E-state index contributed by atoms with van der Waals surface area (Å²) in [5, 5.41) is 4.91. The molecule has 2 aromatic heterocycles. The van der Waals surface area contributed by atoms with Gasteiger partial charge in [-0.15, -0.1) is 11.3 Å². The fourth-order valence-electron chi connectivity index (χ4n) is 2.76. The monoisotopic (exact) mass is 379 g/mol. The number of nitrogens with one attached hydrogen (secondary N) is 1. The summed E-state index contributed by atoms with van der Waals surface area (Å²) in [4.78, 5) is 18.2. The van der Waals surface area contributed by atoms with Crippen LogP contribution in [0.2, 0.25) is 0 Å². The predicted molar refractivity (Wildman–Crippen MR) is 106 cm³/mol. The largest absolute Gasteiger partial charge is 0.497 e. The van der Waals surface area contributed by atoms with Gasteiger partial charge in [0.15, 0.2) is 4.96 Å². The Labute approximate surface area is 160 Å². The van der Waals surface area contributed by atoms with E-state index in [2.05, 4.69) is 10.3 Å². The Morgan fingerprint density at radius 3 is 2.59 bits per heavy atom. The molecular formula is C20H17N3O3S. The van der Waals surface area contributed by atoms with Crippen LogP contribution in [0.15, 0.2) is 60.2 Å². The summed E-state index contributed by atoms with van der Waals surface area (Å²) in [6, 6.07) is 12.7. The molecule has 0 aliphatic carbocycles. The van der Waals surface area contributed by atoms with Crippen molar-refractivity contribution in [1.82, 2.24) is 9.38 Å². The first kappa shape index (κ1) is 17.1. The van der Waals surface area contributed by atoms with E-state index in [1.807, 2.05) is 46.4 Å². The van der Waals surface area contributed by atoms with Gasteiger partial charge in [0.05, 0.1) is 19.9 Å². The molecular weight excluding hydrogens is 362 g/mol. The molecule has 0 spiro atoms. The zero-order valence-corrected chi connectivity index (χ0v) is 15.6. The lowest BCUT2D eigenvalue weighted by molar-refractivity contribution is 0.102. The van der Waals surface area contributed by atoms with Crippen LogP contribution >= 0.6 is 11.3 Å². The highest BCUT2D eigenvalue weighted by Crippen LogP contribution is 2.26. The lowest BCUT2D eigenvalue weighted by Crippen LogP contribution is -2.12. The Morgan fingerprint density at radius 2 is 1.89 bits per heavy atom. The Balaban J connectivity index is 1.59. The molecule has 0 aliphatic heterocycles. The number of rotatable bonds is 5. The highest BCUT2D eigenvalue weighted by atomic mass is 32.1. The SMILES string of the molecule is COc1cc(OC)cc(C(=O)Nc2cccc(-c3cn4ccsc4n3)c2)c1. The number of fused-ring (bicyclic) bond motifs is 1. The number of amides is 1. The Hall–Kier alpha value is -3.32. The van der Waals surface area contributed by atoms with Gasteiger partial charge >= 0.3 is 0 Å². The van der Waals surface area contributed by atoms with Crippen LogP contribution in [0.4, 0.5) is 5.69 Å². The fourth-order valence-corrected chi connectivity index (χ4v) is 3.46. The van der Waals surface area contributed by atoms with Crippen LogP contribution in [-0.4, -0.2) is 29.5 Å². The maximum Gasteiger partial charge on any atom is 0.255 e. The van der Waals surface area contributed by atoms with E-state index in [4.69, 9.17) is 9.47 Å². The number of benzene rings is 2. The van der Waals surface area contributed by atoms with Crippen LogP contribution in [0, 0.1) is 0 Å². The number of ether oxygens (including phenoxy) is 2. The minimum atomic E-state index is -0.241. The first-order valence-electron chi connectivity index (χ1n) is 8.23. The van der Waals surface area contributed by atoms with Crippen molar-refractivity contribution in [2.24, 2.45) is 0 Å². The van der Waals surface area contributed by atoms with E-state index in [9.17, 15) is 4.79 Å². The molecule has 6 nitrogen and oxygen atoms in total. The van der Waals surface area contributed by atoms with Crippen molar-refractivity contribution in [3.8, 4) is 22.8 Å². The normalized spacial score (nSPS) is 10.7. The van der Waals surface area contributed by atoms with Crippen LogP contribution < -0.4 is 14.8 Å². The van der Waals surface area contributed by atoms with Gasteiger partial charge in [0.2, 0.25) is 0 Å². The first-order valence-corrected chi connectivity index (χ1v) is 9.11. The number of imidazole rings is 1. The zero-order chi connectivity index (χ0) is 18.8. The van der Waals surface area contributed by atoms with Gasteiger partial charge < -0.3 is 14.8 Å². The smallest absolute Gasteiger partial charge is 0.255 e. The second-order valence-corrected chi connectivity index (χ2v) is 6.73. The van der Waals surface area contributed by atoms with Crippen LogP contribution in [0.25, 0.3) is 16.2 Å². The molecule has 4 aromatic rings. The van der Waals surface area contributed by atoms with Crippen molar-refractivity contribution < 1.29 is 14.3 Å². The van der Waals surface area contributed by atoms with Gasteiger partial charge in [-0.2, -0.15) is 0 Å². The number of carbonyl (C=O) groups is 1. The molecule has 0 atom stereocenters.